The van der Waals surface area contributed by atoms with Gasteiger partial charge in [-0.2, -0.15) is 0 Å². The second-order valence-corrected chi connectivity index (χ2v) is 7.33. The largest absolute Gasteiger partial charge is 0.370 e. The Kier molecular flexibility index (Phi) is 4.75. The first kappa shape index (κ1) is 14.4. The molecule has 3 unspecified atom stereocenters. The van der Waals surface area contributed by atoms with Crippen LogP contribution >= 0.6 is 0 Å². The number of hydrogen-bond donors (Lipinski definition) is 0. The average molecular weight is 252 g/mol. The van der Waals surface area contributed by atoms with Crippen molar-refractivity contribution in [1.29, 1.82) is 0 Å². The highest BCUT2D eigenvalue weighted by molar-refractivity contribution is 4.89. The first-order valence-corrected chi connectivity index (χ1v) is 8.21. The maximum atomic E-state index is 5.70. The Balaban J connectivity index is 1.70. The van der Waals surface area contributed by atoms with Gasteiger partial charge in [0.2, 0.25) is 0 Å². The van der Waals surface area contributed by atoms with Gasteiger partial charge < -0.3 is 4.74 Å². The zero-order valence-electron chi connectivity index (χ0n) is 12.9. The predicted octanol–water partition coefficient (Wildman–Crippen LogP) is 5.19. The minimum absolute atomic E-state index is 0.610. The van der Waals surface area contributed by atoms with Gasteiger partial charge in [0.25, 0.3) is 0 Å². The molecule has 0 aromatic carbocycles. The summed E-state index contributed by atoms with van der Waals surface area (Å²) in [5.74, 6) is 1.86. The highest BCUT2D eigenvalue weighted by Gasteiger charge is 2.40. The van der Waals surface area contributed by atoms with Crippen LogP contribution in [0.25, 0.3) is 0 Å². The van der Waals surface area contributed by atoms with Gasteiger partial charge in [-0.1, -0.05) is 34.1 Å². The molecule has 18 heavy (non-hydrogen) atoms. The summed E-state index contributed by atoms with van der Waals surface area (Å²) in [4.78, 5) is 0. The monoisotopic (exact) mass is 252 g/mol. The van der Waals surface area contributed by atoms with Gasteiger partial charge in [-0.15, -0.1) is 0 Å². The second-order valence-electron chi connectivity index (χ2n) is 7.33. The molecule has 0 N–H and O–H groups in total. The van der Waals surface area contributed by atoms with Gasteiger partial charge in [-0.3, -0.25) is 0 Å². The van der Waals surface area contributed by atoms with Crippen molar-refractivity contribution in [3.05, 3.63) is 0 Å². The molecule has 1 aliphatic heterocycles. The third-order valence-corrected chi connectivity index (χ3v) is 5.51. The number of ether oxygens (including phenoxy) is 1. The lowest BCUT2D eigenvalue weighted by atomic mass is 9.67. The molecule has 0 bridgehead atoms. The SMILES string of the molecule is CCC(C)CC1(C)CCC(CC2OC2CC)CC1. The Labute approximate surface area is 114 Å². The molecule has 2 aliphatic rings. The van der Waals surface area contributed by atoms with E-state index in [1.807, 2.05) is 0 Å². The summed E-state index contributed by atoms with van der Waals surface area (Å²) in [7, 11) is 0. The summed E-state index contributed by atoms with van der Waals surface area (Å²) in [6.07, 6.45) is 12.4. The third-order valence-electron chi connectivity index (χ3n) is 5.51. The second kappa shape index (κ2) is 5.94. The zero-order valence-corrected chi connectivity index (χ0v) is 12.9. The molecular weight excluding hydrogens is 220 g/mol. The van der Waals surface area contributed by atoms with Crippen molar-refractivity contribution in [2.45, 2.75) is 91.3 Å². The van der Waals surface area contributed by atoms with Crippen LogP contribution in [-0.4, -0.2) is 12.2 Å². The van der Waals surface area contributed by atoms with Crippen LogP contribution < -0.4 is 0 Å². The van der Waals surface area contributed by atoms with E-state index in [1.54, 1.807) is 0 Å². The van der Waals surface area contributed by atoms with Gasteiger partial charge in [0, 0.05) is 0 Å². The van der Waals surface area contributed by atoms with E-state index in [1.165, 1.54) is 51.4 Å². The summed E-state index contributed by atoms with van der Waals surface area (Å²) in [5, 5.41) is 0. The quantitative estimate of drug-likeness (QED) is 0.593. The first-order chi connectivity index (χ1) is 8.56. The van der Waals surface area contributed by atoms with Gasteiger partial charge in [-0.05, 0) is 62.2 Å². The predicted molar refractivity (Wildman–Crippen MR) is 77.7 cm³/mol. The molecule has 0 aromatic heterocycles. The van der Waals surface area contributed by atoms with Gasteiger partial charge in [0.05, 0.1) is 12.2 Å². The van der Waals surface area contributed by atoms with Gasteiger partial charge in [-0.25, -0.2) is 0 Å². The molecule has 0 amide bonds. The van der Waals surface area contributed by atoms with Gasteiger partial charge >= 0.3 is 0 Å². The minimum atomic E-state index is 0.610. The van der Waals surface area contributed by atoms with Crippen molar-refractivity contribution in [3.8, 4) is 0 Å². The molecule has 1 heterocycles. The lowest BCUT2D eigenvalue weighted by Crippen LogP contribution is -2.27. The van der Waals surface area contributed by atoms with E-state index in [4.69, 9.17) is 4.74 Å². The summed E-state index contributed by atoms with van der Waals surface area (Å²) in [6, 6.07) is 0. The Morgan fingerprint density at radius 2 is 1.83 bits per heavy atom. The van der Waals surface area contributed by atoms with E-state index >= 15 is 0 Å². The molecule has 0 aromatic rings. The van der Waals surface area contributed by atoms with Crippen LogP contribution in [0.5, 0.6) is 0 Å². The van der Waals surface area contributed by atoms with Crippen molar-refractivity contribution in [2.75, 3.05) is 0 Å². The molecule has 1 heteroatoms. The molecule has 3 atom stereocenters. The lowest BCUT2D eigenvalue weighted by Gasteiger charge is -2.39. The fraction of sp³-hybridized carbons (Fsp3) is 1.00. The molecule has 2 rings (SSSR count). The fourth-order valence-corrected chi connectivity index (χ4v) is 3.87. The third kappa shape index (κ3) is 3.73. The molecule has 1 nitrogen and oxygen atoms in total. The highest BCUT2D eigenvalue weighted by atomic mass is 16.6. The van der Waals surface area contributed by atoms with Crippen molar-refractivity contribution >= 4 is 0 Å². The molecule has 1 saturated carbocycles. The van der Waals surface area contributed by atoms with Crippen molar-refractivity contribution in [2.24, 2.45) is 17.3 Å². The van der Waals surface area contributed by atoms with E-state index in [-0.39, 0.29) is 0 Å². The summed E-state index contributed by atoms with van der Waals surface area (Å²) in [6.45, 7) is 9.52. The summed E-state index contributed by atoms with van der Waals surface area (Å²) in [5.41, 5.74) is 0.639. The van der Waals surface area contributed by atoms with Gasteiger partial charge in [0.15, 0.2) is 0 Å². The molecule has 0 spiro atoms. The first-order valence-electron chi connectivity index (χ1n) is 8.21. The zero-order chi connectivity index (χ0) is 13.2. The molecule has 1 aliphatic carbocycles. The van der Waals surface area contributed by atoms with E-state index in [2.05, 4.69) is 27.7 Å². The van der Waals surface area contributed by atoms with E-state index in [0.29, 0.717) is 17.6 Å². The average Bonchev–Trinajstić information content (AvgIpc) is 3.10. The number of epoxide rings is 1. The van der Waals surface area contributed by atoms with Crippen LogP contribution in [0.4, 0.5) is 0 Å². The normalized spacial score (nSPS) is 41.7. The molecule has 0 radical (unpaired) electrons. The van der Waals surface area contributed by atoms with Crippen LogP contribution in [0.2, 0.25) is 0 Å². The number of hydrogen-bond acceptors (Lipinski definition) is 1. The Bertz CT molecular complexity index is 252. The minimum Gasteiger partial charge on any atom is -0.370 e. The van der Waals surface area contributed by atoms with E-state index < -0.39 is 0 Å². The van der Waals surface area contributed by atoms with Crippen LogP contribution in [-0.2, 0) is 4.74 Å². The van der Waals surface area contributed by atoms with E-state index in [9.17, 15) is 0 Å². The molecular formula is C17H32O. The Morgan fingerprint density at radius 3 is 2.33 bits per heavy atom. The van der Waals surface area contributed by atoms with Crippen molar-refractivity contribution in [1.82, 2.24) is 0 Å². The van der Waals surface area contributed by atoms with Crippen LogP contribution in [0.15, 0.2) is 0 Å². The molecule has 1 saturated heterocycles. The smallest absolute Gasteiger partial charge is 0.0844 e. The topological polar surface area (TPSA) is 12.5 Å². The fourth-order valence-electron chi connectivity index (χ4n) is 3.87. The lowest BCUT2D eigenvalue weighted by molar-refractivity contribution is 0.127. The Hall–Kier alpha value is -0.0400. The van der Waals surface area contributed by atoms with Crippen LogP contribution in [0, 0.1) is 17.3 Å². The summed E-state index contributed by atoms with van der Waals surface area (Å²) >= 11 is 0. The number of rotatable bonds is 6. The molecule has 106 valence electrons. The maximum Gasteiger partial charge on any atom is 0.0844 e. The highest BCUT2D eigenvalue weighted by Crippen LogP contribution is 2.46. The van der Waals surface area contributed by atoms with Crippen LogP contribution in [0.3, 0.4) is 0 Å². The standard InChI is InChI=1S/C17H32O/c1-5-13(3)12-17(4)9-7-14(8-10-17)11-16-15(6-2)18-16/h13-16H,5-12H2,1-4H3. The van der Waals surface area contributed by atoms with Crippen molar-refractivity contribution in [3.63, 3.8) is 0 Å². The van der Waals surface area contributed by atoms with E-state index in [0.717, 1.165) is 11.8 Å². The Morgan fingerprint density at radius 1 is 1.17 bits per heavy atom. The summed E-state index contributed by atoms with van der Waals surface area (Å²) < 4.78 is 5.70. The van der Waals surface area contributed by atoms with Crippen molar-refractivity contribution < 1.29 is 4.74 Å². The molecule has 2 fully saturated rings. The van der Waals surface area contributed by atoms with Gasteiger partial charge in [0.1, 0.15) is 0 Å². The maximum absolute atomic E-state index is 5.70. The van der Waals surface area contributed by atoms with Crippen LogP contribution in [0.1, 0.15) is 79.1 Å².